The molecule has 19 heavy (non-hydrogen) atoms. The molecule has 104 valence electrons. The predicted molar refractivity (Wildman–Crippen MR) is 78.2 cm³/mol. The maximum absolute atomic E-state index is 9.97. The van der Waals surface area contributed by atoms with E-state index in [1.54, 1.807) is 0 Å². The van der Waals surface area contributed by atoms with Gasteiger partial charge in [0.1, 0.15) is 5.75 Å². The van der Waals surface area contributed by atoms with Gasteiger partial charge in [-0.1, -0.05) is 17.7 Å². The minimum absolute atomic E-state index is 0.236. The van der Waals surface area contributed by atoms with Gasteiger partial charge in [-0.3, -0.25) is 0 Å². The van der Waals surface area contributed by atoms with Gasteiger partial charge >= 0.3 is 0 Å². The van der Waals surface area contributed by atoms with Crippen molar-refractivity contribution in [3.63, 3.8) is 0 Å². The van der Waals surface area contributed by atoms with Crippen LogP contribution in [0.15, 0.2) is 18.2 Å². The van der Waals surface area contributed by atoms with Crippen LogP contribution in [0.25, 0.3) is 0 Å². The summed E-state index contributed by atoms with van der Waals surface area (Å²) in [6.45, 7) is 5.35. The number of aryl methyl sites for hydroxylation is 1. The number of phenols is 1. The van der Waals surface area contributed by atoms with Crippen LogP contribution in [0, 0.1) is 24.7 Å². The van der Waals surface area contributed by atoms with Crippen molar-refractivity contribution >= 4 is 0 Å². The smallest absolute Gasteiger partial charge is 0.120 e. The SMILES string of the molecule is Cc1ccc(O)c(C(C)NCC(C2CC2)C2CC2)c1. The van der Waals surface area contributed by atoms with E-state index >= 15 is 0 Å². The van der Waals surface area contributed by atoms with E-state index in [0.29, 0.717) is 5.75 Å². The van der Waals surface area contributed by atoms with Gasteiger partial charge in [0.05, 0.1) is 0 Å². The summed E-state index contributed by atoms with van der Waals surface area (Å²) in [4.78, 5) is 0. The first kappa shape index (κ1) is 13.0. The molecule has 2 fully saturated rings. The number of rotatable bonds is 6. The predicted octanol–water partition coefficient (Wildman–Crippen LogP) is 3.79. The molecule has 2 aliphatic rings. The number of nitrogens with one attached hydrogen (secondary N) is 1. The Kier molecular flexibility index (Phi) is 3.53. The van der Waals surface area contributed by atoms with Gasteiger partial charge in [-0.25, -0.2) is 0 Å². The van der Waals surface area contributed by atoms with Crippen LogP contribution in [0.5, 0.6) is 5.75 Å². The third kappa shape index (κ3) is 3.11. The molecule has 1 atom stereocenters. The molecule has 2 aliphatic carbocycles. The highest BCUT2D eigenvalue weighted by atomic mass is 16.3. The second kappa shape index (κ2) is 5.16. The lowest BCUT2D eigenvalue weighted by Crippen LogP contribution is -2.28. The maximum Gasteiger partial charge on any atom is 0.120 e. The van der Waals surface area contributed by atoms with Crippen LogP contribution in [-0.4, -0.2) is 11.7 Å². The largest absolute Gasteiger partial charge is 0.508 e. The molecule has 0 spiro atoms. The standard InChI is InChI=1S/C17H25NO/c1-11-3-8-17(19)15(9-11)12(2)18-10-16(13-4-5-13)14-6-7-14/h3,8-9,12-14,16,18-19H,4-7,10H2,1-2H3. The summed E-state index contributed by atoms with van der Waals surface area (Å²) in [5.74, 6) is 3.27. The Hall–Kier alpha value is -1.02. The van der Waals surface area contributed by atoms with Crippen LogP contribution in [0.3, 0.4) is 0 Å². The fraction of sp³-hybridized carbons (Fsp3) is 0.647. The van der Waals surface area contributed by atoms with Crippen LogP contribution in [-0.2, 0) is 0 Å². The second-order valence-electron chi connectivity index (χ2n) is 6.53. The molecule has 0 aromatic heterocycles. The molecular formula is C17H25NO. The molecule has 1 aromatic rings. The van der Waals surface area contributed by atoms with Gasteiger partial charge in [0.2, 0.25) is 0 Å². The Morgan fingerprint density at radius 1 is 1.21 bits per heavy atom. The van der Waals surface area contributed by atoms with Crippen LogP contribution in [0.1, 0.15) is 49.8 Å². The minimum Gasteiger partial charge on any atom is -0.508 e. The average molecular weight is 259 g/mol. The highest BCUT2D eigenvalue weighted by Crippen LogP contribution is 2.49. The summed E-state index contributed by atoms with van der Waals surface area (Å²) in [5, 5.41) is 13.6. The van der Waals surface area contributed by atoms with E-state index < -0.39 is 0 Å². The summed E-state index contributed by atoms with van der Waals surface area (Å²) in [5.41, 5.74) is 2.24. The third-order valence-corrected chi connectivity index (χ3v) is 4.76. The molecule has 2 heteroatoms. The number of hydrogen-bond donors (Lipinski definition) is 2. The molecule has 0 aliphatic heterocycles. The van der Waals surface area contributed by atoms with E-state index in [-0.39, 0.29) is 6.04 Å². The van der Waals surface area contributed by atoms with Gasteiger partial charge in [-0.2, -0.15) is 0 Å². The van der Waals surface area contributed by atoms with Gasteiger partial charge < -0.3 is 10.4 Å². The lowest BCUT2D eigenvalue weighted by molar-refractivity contribution is 0.358. The summed E-state index contributed by atoms with van der Waals surface area (Å²) in [6.07, 6.45) is 5.75. The lowest BCUT2D eigenvalue weighted by Gasteiger charge is -2.21. The molecule has 0 amide bonds. The van der Waals surface area contributed by atoms with Crippen molar-refractivity contribution in [2.75, 3.05) is 6.54 Å². The zero-order chi connectivity index (χ0) is 13.4. The molecule has 2 nitrogen and oxygen atoms in total. The van der Waals surface area contributed by atoms with E-state index in [1.807, 2.05) is 12.1 Å². The third-order valence-electron chi connectivity index (χ3n) is 4.76. The van der Waals surface area contributed by atoms with Gasteiger partial charge in [-0.05, 0) is 69.9 Å². The Balaban J connectivity index is 1.60. The zero-order valence-electron chi connectivity index (χ0n) is 12.0. The first-order chi connectivity index (χ1) is 9.15. The maximum atomic E-state index is 9.97. The molecule has 2 N–H and O–H groups in total. The highest BCUT2D eigenvalue weighted by Gasteiger charge is 2.41. The fourth-order valence-corrected chi connectivity index (χ4v) is 3.21. The van der Waals surface area contributed by atoms with E-state index in [4.69, 9.17) is 0 Å². The van der Waals surface area contributed by atoms with Gasteiger partial charge in [0, 0.05) is 11.6 Å². The molecule has 3 rings (SSSR count). The van der Waals surface area contributed by atoms with E-state index in [0.717, 1.165) is 29.9 Å². The van der Waals surface area contributed by atoms with Crippen LogP contribution in [0.4, 0.5) is 0 Å². The molecule has 0 bridgehead atoms. The Morgan fingerprint density at radius 2 is 1.84 bits per heavy atom. The number of aromatic hydroxyl groups is 1. The summed E-state index contributed by atoms with van der Waals surface area (Å²) in [6, 6.07) is 6.10. The zero-order valence-corrected chi connectivity index (χ0v) is 12.0. The summed E-state index contributed by atoms with van der Waals surface area (Å²) >= 11 is 0. The second-order valence-corrected chi connectivity index (χ2v) is 6.53. The van der Waals surface area contributed by atoms with Crippen LogP contribution >= 0.6 is 0 Å². The Bertz CT molecular complexity index is 437. The lowest BCUT2D eigenvalue weighted by atomic mass is 9.96. The molecule has 0 radical (unpaired) electrons. The first-order valence-electron chi connectivity index (χ1n) is 7.68. The Labute approximate surface area is 116 Å². The molecule has 0 heterocycles. The van der Waals surface area contributed by atoms with Crippen LogP contribution in [0.2, 0.25) is 0 Å². The van der Waals surface area contributed by atoms with Crippen molar-refractivity contribution in [3.8, 4) is 5.75 Å². The highest BCUT2D eigenvalue weighted by molar-refractivity contribution is 5.37. The van der Waals surface area contributed by atoms with Crippen molar-refractivity contribution < 1.29 is 5.11 Å². The minimum atomic E-state index is 0.236. The monoisotopic (exact) mass is 259 g/mol. The van der Waals surface area contributed by atoms with E-state index in [2.05, 4.69) is 25.2 Å². The van der Waals surface area contributed by atoms with Crippen molar-refractivity contribution in [3.05, 3.63) is 29.3 Å². The van der Waals surface area contributed by atoms with Crippen molar-refractivity contribution in [1.29, 1.82) is 0 Å². The summed E-state index contributed by atoms with van der Waals surface area (Å²) < 4.78 is 0. The van der Waals surface area contributed by atoms with Gasteiger partial charge in [0.25, 0.3) is 0 Å². The van der Waals surface area contributed by atoms with Crippen molar-refractivity contribution in [1.82, 2.24) is 5.32 Å². The molecular weight excluding hydrogens is 234 g/mol. The number of hydrogen-bond acceptors (Lipinski definition) is 2. The Morgan fingerprint density at radius 3 is 2.42 bits per heavy atom. The number of phenolic OH excluding ortho intramolecular Hbond substituents is 1. The number of benzene rings is 1. The molecule has 0 saturated heterocycles. The van der Waals surface area contributed by atoms with E-state index in [9.17, 15) is 5.11 Å². The van der Waals surface area contributed by atoms with Gasteiger partial charge in [-0.15, -0.1) is 0 Å². The van der Waals surface area contributed by atoms with Gasteiger partial charge in [0.15, 0.2) is 0 Å². The van der Waals surface area contributed by atoms with Crippen LogP contribution < -0.4 is 5.32 Å². The fourth-order valence-electron chi connectivity index (χ4n) is 3.21. The average Bonchev–Trinajstić information content (AvgIpc) is 3.25. The van der Waals surface area contributed by atoms with Crippen molar-refractivity contribution in [2.45, 2.75) is 45.6 Å². The van der Waals surface area contributed by atoms with Crippen molar-refractivity contribution in [2.24, 2.45) is 17.8 Å². The first-order valence-corrected chi connectivity index (χ1v) is 7.68. The summed E-state index contributed by atoms with van der Waals surface area (Å²) in [7, 11) is 0. The topological polar surface area (TPSA) is 32.3 Å². The van der Waals surface area contributed by atoms with E-state index in [1.165, 1.54) is 31.2 Å². The molecule has 1 unspecified atom stereocenters. The molecule has 1 aromatic carbocycles. The quantitative estimate of drug-likeness (QED) is 0.814. The normalized spacial score (nSPS) is 20.8. The molecule has 2 saturated carbocycles.